The predicted octanol–water partition coefficient (Wildman–Crippen LogP) is 4.02. The van der Waals surface area contributed by atoms with Crippen LogP contribution in [-0.2, 0) is 20.2 Å². The van der Waals surface area contributed by atoms with Crippen LogP contribution in [0.25, 0.3) is 0 Å². The number of hydrogen-bond acceptors (Lipinski definition) is 6. The van der Waals surface area contributed by atoms with Gasteiger partial charge in [-0.2, -0.15) is 13.2 Å². The first-order valence-electron chi connectivity index (χ1n) is 13.5. The van der Waals surface area contributed by atoms with Crippen LogP contribution in [0.2, 0.25) is 0 Å². The van der Waals surface area contributed by atoms with Gasteiger partial charge in [-0.25, -0.2) is 4.79 Å². The summed E-state index contributed by atoms with van der Waals surface area (Å²) in [6.45, 7) is 13.2. The second kappa shape index (κ2) is 12.0. The SMILES string of the molecule is Cc1ccc(C(=O)Nc2cc(C(F)(F)F)ccc2NC(=O)NCCN2CCOCC2)cc1B1OC(C)(C)C(C)(C)O1. The van der Waals surface area contributed by atoms with Crippen molar-refractivity contribution in [3.63, 3.8) is 0 Å². The zero-order valence-electron chi connectivity index (χ0n) is 23.9. The van der Waals surface area contributed by atoms with E-state index in [1.165, 1.54) is 0 Å². The Balaban J connectivity index is 1.50. The number of amides is 3. The highest BCUT2D eigenvalue weighted by Gasteiger charge is 2.52. The van der Waals surface area contributed by atoms with Gasteiger partial charge in [0.25, 0.3) is 5.91 Å². The van der Waals surface area contributed by atoms with E-state index in [-0.39, 0.29) is 16.9 Å². The van der Waals surface area contributed by atoms with Crippen molar-refractivity contribution >= 4 is 35.9 Å². The minimum atomic E-state index is -4.65. The zero-order chi connectivity index (χ0) is 30.0. The molecule has 9 nitrogen and oxygen atoms in total. The zero-order valence-corrected chi connectivity index (χ0v) is 23.9. The summed E-state index contributed by atoms with van der Waals surface area (Å²) in [5, 5.41) is 7.79. The van der Waals surface area contributed by atoms with Crippen LogP contribution >= 0.6 is 0 Å². The smallest absolute Gasteiger partial charge is 0.399 e. The minimum absolute atomic E-state index is 0.0218. The maximum absolute atomic E-state index is 13.5. The van der Waals surface area contributed by atoms with Gasteiger partial charge in [0, 0.05) is 31.7 Å². The highest BCUT2D eigenvalue weighted by Crippen LogP contribution is 2.37. The molecule has 2 saturated heterocycles. The lowest BCUT2D eigenvalue weighted by molar-refractivity contribution is -0.137. The molecule has 4 rings (SSSR count). The maximum Gasteiger partial charge on any atom is 0.495 e. The fourth-order valence-electron chi connectivity index (χ4n) is 4.45. The highest BCUT2D eigenvalue weighted by atomic mass is 19.4. The molecule has 0 atom stereocenters. The molecule has 2 aromatic rings. The summed E-state index contributed by atoms with van der Waals surface area (Å²) >= 11 is 0. The van der Waals surface area contributed by atoms with Crippen LogP contribution in [0.5, 0.6) is 0 Å². The lowest BCUT2D eigenvalue weighted by Crippen LogP contribution is -2.42. The molecule has 41 heavy (non-hydrogen) atoms. The number of anilines is 2. The number of benzene rings is 2. The average Bonchev–Trinajstić information content (AvgIpc) is 3.11. The maximum atomic E-state index is 13.5. The number of urea groups is 1. The number of hydrogen-bond donors (Lipinski definition) is 3. The second-order valence-electron chi connectivity index (χ2n) is 11.2. The second-order valence-corrected chi connectivity index (χ2v) is 11.2. The number of nitrogens with zero attached hydrogens (tertiary/aromatic N) is 1. The molecule has 222 valence electrons. The molecule has 2 aliphatic heterocycles. The lowest BCUT2D eigenvalue weighted by Gasteiger charge is -2.32. The van der Waals surface area contributed by atoms with E-state index in [2.05, 4.69) is 20.9 Å². The quantitative estimate of drug-likeness (QED) is 0.431. The van der Waals surface area contributed by atoms with Gasteiger partial charge in [-0.1, -0.05) is 11.6 Å². The molecule has 0 aromatic heterocycles. The number of halogens is 3. The molecule has 0 unspecified atom stereocenters. The first-order valence-corrected chi connectivity index (χ1v) is 13.5. The first kappa shape index (κ1) is 30.8. The third kappa shape index (κ3) is 7.40. The number of morpholine rings is 1. The van der Waals surface area contributed by atoms with Crippen molar-refractivity contribution in [3.05, 3.63) is 53.1 Å². The van der Waals surface area contributed by atoms with Gasteiger partial charge in [-0.15, -0.1) is 0 Å². The Morgan fingerprint density at radius 3 is 2.24 bits per heavy atom. The van der Waals surface area contributed by atoms with Crippen LogP contribution < -0.4 is 21.4 Å². The standard InChI is InChI=1S/C28H36BF3N4O5/c1-18-6-7-19(16-21(18)29-40-26(2,3)27(4,5)41-29)24(37)34-23-17-20(28(30,31)32)8-9-22(23)35-25(38)33-10-11-36-12-14-39-15-13-36/h6-9,16-17H,10-15H2,1-5H3,(H,34,37)(H2,33,35,38). The summed E-state index contributed by atoms with van der Waals surface area (Å²) in [5.41, 5.74) is -0.660. The molecule has 0 radical (unpaired) electrons. The monoisotopic (exact) mass is 576 g/mol. The molecular weight excluding hydrogens is 540 g/mol. The molecule has 0 saturated carbocycles. The van der Waals surface area contributed by atoms with E-state index < -0.39 is 42.0 Å². The summed E-state index contributed by atoms with van der Waals surface area (Å²) in [5.74, 6) is -0.655. The summed E-state index contributed by atoms with van der Waals surface area (Å²) in [4.78, 5) is 28.0. The Morgan fingerprint density at radius 1 is 0.951 bits per heavy atom. The molecular formula is C28H36BF3N4O5. The average molecular weight is 576 g/mol. The van der Waals surface area contributed by atoms with E-state index in [9.17, 15) is 22.8 Å². The number of ether oxygens (including phenoxy) is 1. The van der Waals surface area contributed by atoms with Gasteiger partial charge < -0.3 is 30.0 Å². The van der Waals surface area contributed by atoms with Crippen molar-refractivity contribution in [2.75, 3.05) is 50.0 Å². The van der Waals surface area contributed by atoms with Gasteiger partial charge >= 0.3 is 19.3 Å². The summed E-state index contributed by atoms with van der Waals surface area (Å²) < 4.78 is 58.1. The van der Waals surface area contributed by atoms with Crippen LogP contribution in [0.4, 0.5) is 29.3 Å². The topological polar surface area (TPSA) is 101 Å². The van der Waals surface area contributed by atoms with Crippen molar-refractivity contribution in [1.29, 1.82) is 0 Å². The number of nitrogens with one attached hydrogen (secondary N) is 3. The molecule has 2 heterocycles. The van der Waals surface area contributed by atoms with Crippen LogP contribution in [0, 0.1) is 6.92 Å². The van der Waals surface area contributed by atoms with Crippen molar-refractivity contribution in [2.24, 2.45) is 0 Å². The molecule has 3 N–H and O–H groups in total. The van der Waals surface area contributed by atoms with Crippen molar-refractivity contribution < 1.29 is 36.8 Å². The third-order valence-electron chi connectivity index (χ3n) is 7.71. The van der Waals surface area contributed by atoms with Crippen molar-refractivity contribution in [2.45, 2.75) is 52.0 Å². The van der Waals surface area contributed by atoms with Gasteiger partial charge in [-0.05, 0) is 70.4 Å². The molecule has 2 aliphatic rings. The van der Waals surface area contributed by atoms with E-state index in [0.717, 1.165) is 36.9 Å². The Labute approximate surface area is 238 Å². The van der Waals surface area contributed by atoms with E-state index >= 15 is 0 Å². The fourth-order valence-corrected chi connectivity index (χ4v) is 4.45. The van der Waals surface area contributed by atoms with Gasteiger partial charge in [0.2, 0.25) is 0 Å². The fraction of sp³-hybridized carbons (Fsp3) is 0.500. The number of carbonyl (C=O) groups is 2. The molecule has 2 aromatic carbocycles. The Bertz CT molecular complexity index is 1270. The number of alkyl halides is 3. The molecule has 0 aliphatic carbocycles. The van der Waals surface area contributed by atoms with Crippen LogP contribution in [-0.4, -0.2) is 74.6 Å². The number of rotatable bonds is 7. The van der Waals surface area contributed by atoms with Crippen LogP contribution in [0.3, 0.4) is 0 Å². The van der Waals surface area contributed by atoms with Crippen LogP contribution in [0.15, 0.2) is 36.4 Å². The summed E-state index contributed by atoms with van der Waals surface area (Å²) in [6.07, 6.45) is -4.65. The predicted molar refractivity (Wildman–Crippen MR) is 151 cm³/mol. The molecule has 0 bridgehead atoms. The third-order valence-corrected chi connectivity index (χ3v) is 7.71. The van der Waals surface area contributed by atoms with E-state index in [1.54, 1.807) is 18.2 Å². The van der Waals surface area contributed by atoms with Crippen molar-refractivity contribution in [3.8, 4) is 0 Å². The van der Waals surface area contributed by atoms with Crippen LogP contribution in [0.1, 0.15) is 49.2 Å². The molecule has 3 amide bonds. The van der Waals surface area contributed by atoms with Gasteiger partial charge in [0.1, 0.15) is 0 Å². The largest absolute Gasteiger partial charge is 0.495 e. The van der Waals surface area contributed by atoms with E-state index in [1.807, 2.05) is 34.6 Å². The summed E-state index contributed by atoms with van der Waals surface area (Å²) in [7, 11) is -0.723. The van der Waals surface area contributed by atoms with Gasteiger partial charge in [0.05, 0.1) is 41.4 Å². The summed E-state index contributed by atoms with van der Waals surface area (Å²) in [6, 6.07) is 7.05. The minimum Gasteiger partial charge on any atom is -0.399 e. The van der Waals surface area contributed by atoms with E-state index in [0.29, 0.717) is 31.8 Å². The Kier molecular flexibility index (Phi) is 9.03. The number of aryl methyl sites for hydroxylation is 1. The molecule has 2 fully saturated rings. The first-order chi connectivity index (χ1) is 19.2. The molecule has 13 heteroatoms. The van der Waals surface area contributed by atoms with E-state index in [4.69, 9.17) is 14.0 Å². The Hall–Kier alpha value is -3.13. The van der Waals surface area contributed by atoms with Gasteiger partial charge in [-0.3, -0.25) is 9.69 Å². The van der Waals surface area contributed by atoms with Gasteiger partial charge in [0.15, 0.2) is 0 Å². The molecule has 0 spiro atoms. The normalized spacial score (nSPS) is 18.7. The Morgan fingerprint density at radius 2 is 1.61 bits per heavy atom. The number of carbonyl (C=O) groups excluding carboxylic acids is 2. The van der Waals surface area contributed by atoms with Crippen molar-refractivity contribution in [1.82, 2.24) is 10.2 Å². The lowest BCUT2D eigenvalue weighted by atomic mass is 9.75. The highest BCUT2D eigenvalue weighted by molar-refractivity contribution is 6.62.